The molecular formula is C26H23ClN2O4. The Kier molecular flexibility index (Phi) is 6.11. The molecule has 6 nitrogen and oxygen atoms in total. The number of methoxy groups -OCH3 is 2. The molecule has 33 heavy (non-hydrogen) atoms. The molecule has 0 bridgehead atoms. The lowest BCUT2D eigenvalue weighted by Crippen LogP contribution is -2.33. The largest absolute Gasteiger partial charge is 0.497 e. The van der Waals surface area contributed by atoms with Crippen molar-refractivity contribution in [3.05, 3.63) is 88.1 Å². The van der Waals surface area contributed by atoms with Gasteiger partial charge in [-0.25, -0.2) is 4.90 Å². The Bertz CT molecular complexity index is 1280. The third kappa shape index (κ3) is 4.17. The summed E-state index contributed by atoms with van der Waals surface area (Å²) in [6.07, 6.45) is 0. The van der Waals surface area contributed by atoms with Crippen LogP contribution in [0.15, 0.2) is 66.4 Å². The summed E-state index contributed by atoms with van der Waals surface area (Å²) in [5, 5.41) is 3.68. The highest BCUT2D eigenvalue weighted by atomic mass is 35.5. The second-order valence-corrected chi connectivity index (χ2v) is 8.12. The lowest BCUT2D eigenvalue weighted by Gasteiger charge is -2.18. The molecule has 0 aromatic heterocycles. The average molecular weight is 463 g/mol. The molecule has 0 spiro atoms. The summed E-state index contributed by atoms with van der Waals surface area (Å²) in [5.74, 6) is 0.219. The highest BCUT2D eigenvalue weighted by molar-refractivity contribution is 6.46. The maximum Gasteiger partial charge on any atom is 0.282 e. The molecule has 168 valence electrons. The van der Waals surface area contributed by atoms with Crippen LogP contribution >= 0.6 is 11.6 Å². The number of ether oxygens (including phenoxy) is 2. The van der Waals surface area contributed by atoms with E-state index >= 15 is 0 Å². The van der Waals surface area contributed by atoms with Gasteiger partial charge >= 0.3 is 0 Å². The van der Waals surface area contributed by atoms with Crippen molar-refractivity contribution in [3.8, 4) is 11.5 Å². The quantitative estimate of drug-likeness (QED) is 0.499. The first-order chi connectivity index (χ1) is 15.8. The molecule has 4 rings (SSSR count). The predicted molar refractivity (Wildman–Crippen MR) is 130 cm³/mol. The van der Waals surface area contributed by atoms with Gasteiger partial charge in [0.25, 0.3) is 11.8 Å². The maximum atomic E-state index is 13.6. The van der Waals surface area contributed by atoms with E-state index in [2.05, 4.69) is 5.32 Å². The van der Waals surface area contributed by atoms with E-state index in [0.29, 0.717) is 33.5 Å². The van der Waals surface area contributed by atoms with Crippen LogP contribution in [0.4, 0.5) is 11.4 Å². The van der Waals surface area contributed by atoms with Crippen molar-refractivity contribution in [3.63, 3.8) is 0 Å². The number of aryl methyl sites for hydroxylation is 2. The number of halogens is 1. The Hall–Kier alpha value is -3.77. The molecular weight excluding hydrogens is 440 g/mol. The lowest BCUT2D eigenvalue weighted by atomic mass is 10.0. The van der Waals surface area contributed by atoms with Crippen LogP contribution in [0.25, 0.3) is 5.57 Å². The predicted octanol–water partition coefficient (Wildman–Crippen LogP) is 5.37. The number of hydrogen-bond donors (Lipinski definition) is 1. The minimum absolute atomic E-state index is 0.158. The average Bonchev–Trinajstić information content (AvgIpc) is 3.04. The van der Waals surface area contributed by atoms with Gasteiger partial charge in [-0.1, -0.05) is 41.4 Å². The van der Waals surface area contributed by atoms with E-state index in [9.17, 15) is 9.59 Å². The van der Waals surface area contributed by atoms with Crippen molar-refractivity contribution < 1.29 is 19.1 Å². The Morgan fingerprint density at radius 3 is 2.21 bits per heavy atom. The van der Waals surface area contributed by atoms with Crippen molar-refractivity contribution >= 4 is 40.4 Å². The summed E-state index contributed by atoms with van der Waals surface area (Å²) in [6.45, 7) is 3.84. The zero-order valence-electron chi connectivity index (χ0n) is 18.7. The number of anilines is 2. The molecule has 2 amide bonds. The Balaban J connectivity index is 1.85. The van der Waals surface area contributed by atoms with Crippen LogP contribution in [0.3, 0.4) is 0 Å². The molecule has 3 aromatic carbocycles. The first-order valence-electron chi connectivity index (χ1n) is 10.3. The number of benzene rings is 3. The van der Waals surface area contributed by atoms with Gasteiger partial charge in [0.05, 0.1) is 31.2 Å². The monoisotopic (exact) mass is 462 g/mol. The van der Waals surface area contributed by atoms with Gasteiger partial charge in [0, 0.05) is 11.1 Å². The molecule has 1 aliphatic rings. The van der Waals surface area contributed by atoms with E-state index in [1.807, 2.05) is 26.0 Å². The molecule has 0 fully saturated rings. The standard InChI is InChI=1S/C26H23ClN2O4/c1-15-5-12-21(16(2)13-15)29-25(30)23(17-6-8-18(27)9-7-17)24(26(29)31)28-20-11-10-19(32-3)14-22(20)33-4/h5-14,28H,1-4H3. The zero-order valence-corrected chi connectivity index (χ0v) is 19.5. The van der Waals surface area contributed by atoms with Crippen molar-refractivity contribution in [2.45, 2.75) is 13.8 Å². The summed E-state index contributed by atoms with van der Waals surface area (Å²) < 4.78 is 10.7. The second kappa shape index (κ2) is 9.00. The lowest BCUT2D eigenvalue weighted by molar-refractivity contribution is -0.120. The van der Waals surface area contributed by atoms with Crippen molar-refractivity contribution in [1.29, 1.82) is 0 Å². The summed E-state index contributed by atoms with van der Waals surface area (Å²) in [7, 11) is 3.09. The van der Waals surface area contributed by atoms with Crippen LogP contribution in [0.2, 0.25) is 5.02 Å². The molecule has 7 heteroatoms. The van der Waals surface area contributed by atoms with Gasteiger partial charge in [-0.05, 0) is 55.3 Å². The van der Waals surface area contributed by atoms with Crippen LogP contribution in [0.5, 0.6) is 11.5 Å². The third-order valence-corrected chi connectivity index (χ3v) is 5.73. The topological polar surface area (TPSA) is 67.9 Å². The Morgan fingerprint density at radius 1 is 0.848 bits per heavy atom. The fraction of sp³-hybridized carbons (Fsp3) is 0.154. The van der Waals surface area contributed by atoms with Crippen molar-refractivity contribution in [1.82, 2.24) is 0 Å². The van der Waals surface area contributed by atoms with Gasteiger partial charge in [0.15, 0.2) is 0 Å². The Morgan fingerprint density at radius 2 is 1.58 bits per heavy atom. The fourth-order valence-electron chi connectivity index (χ4n) is 3.84. The normalized spacial score (nSPS) is 13.5. The number of carbonyl (C=O) groups excluding carboxylic acids is 2. The van der Waals surface area contributed by atoms with E-state index in [-0.39, 0.29) is 11.3 Å². The van der Waals surface area contributed by atoms with Gasteiger partial charge in [-0.15, -0.1) is 0 Å². The van der Waals surface area contributed by atoms with Crippen LogP contribution < -0.4 is 19.7 Å². The molecule has 0 saturated carbocycles. The highest BCUT2D eigenvalue weighted by Gasteiger charge is 2.41. The smallest absolute Gasteiger partial charge is 0.282 e. The van der Waals surface area contributed by atoms with Crippen LogP contribution in [-0.2, 0) is 9.59 Å². The van der Waals surface area contributed by atoms with Gasteiger partial charge in [-0.2, -0.15) is 0 Å². The van der Waals surface area contributed by atoms with E-state index in [0.717, 1.165) is 11.1 Å². The highest BCUT2D eigenvalue weighted by Crippen LogP contribution is 2.38. The molecule has 0 atom stereocenters. The zero-order chi connectivity index (χ0) is 23.7. The molecule has 1 heterocycles. The molecule has 0 unspecified atom stereocenters. The van der Waals surface area contributed by atoms with Gasteiger partial charge in [-0.3, -0.25) is 9.59 Å². The van der Waals surface area contributed by atoms with Gasteiger partial charge in [0.2, 0.25) is 0 Å². The van der Waals surface area contributed by atoms with E-state index in [1.54, 1.807) is 55.6 Å². The summed E-state index contributed by atoms with van der Waals surface area (Å²) >= 11 is 6.06. The number of rotatable bonds is 6. The summed E-state index contributed by atoms with van der Waals surface area (Å²) in [6, 6.07) is 17.6. The molecule has 0 aliphatic carbocycles. The van der Waals surface area contributed by atoms with E-state index < -0.39 is 11.8 Å². The van der Waals surface area contributed by atoms with Crippen LogP contribution in [-0.4, -0.2) is 26.0 Å². The molecule has 1 aliphatic heterocycles. The summed E-state index contributed by atoms with van der Waals surface area (Å²) in [5.41, 5.74) is 3.95. The van der Waals surface area contributed by atoms with Gasteiger partial charge in [0.1, 0.15) is 17.2 Å². The molecule has 0 radical (unpaired) electrons. The number of hydrogen-bond acceptors (Lipinski definition) is 5. The molecule has 0 saturated heterocycles. The van der Waals surface area contributed by atoms with Crippen molar-refractivity contribution in [2.75, 3.05) is 24.4 Å². The van der Waals surface area contributed by atoms with Crippen LogP contribution in [0.1, 0.15) is 16.7 Å². The van der Waals surface area contributed by atoms with Crippen molar-refractivity contribution in [2.24, 2.45) is 0 Å². The van der Waals surface area contributed by atoms with Crippen LogP contribution in [0, 0.1) is 13.8 Å². The minimum atomic E-state index is -0.449. The second-order valence-electron chi connectivity index (χ2n) is 7.68. The maximum absolute atomic E-state index is 13.6. The SMILES string of the molecule is COc1ccc(NC2=C(c3ccc(Cl)cc3)C(=O)N(c3ccc(C)cc3C)C2=O)c(OC)c1. The van der Waals surface area contributed by atoms with Gasteiger partial charge < -0.3 is 14.8 Å². The molecule has 3 aromatic rings. The number of nitrogens with one attached hydrogen (secondary N) is 1. The minimum Gasteiger partial charge on any atom is -0.497 e. The Labute approximate surface area is 197 Å². The number of carbonyl (C=O) groups is 2. The summed E-state index contributed by atoms with van der Waals surface area (Å²) in [4.78, 5) is 28.4. The van der Waals surface area contributed by atoms with E-state index in [4.69, 9.17) is 21.1 Å². The fourth-order valence-corrected chi connectivity index (χ4v) is 3.97. The first kappa shape index (κ1) is 22.4. The first-order valence-corrected chi connectivity index (χ1v) is 10.7. The third-order valence-electron chi connectivity index (χ3n) is 5.48. The number of imide groups is 1. The molecule has 1 N–H and O–H groups in total. The number of amides is 2. The van der Waals surface area contributed by atoms with E-state index in [1.165, 1.54) is 12.0 Å². The number of nitrogens with zero attached hydrogens (tertiary/aromatic N) is 1.